The van der Waals surface area contributed by atoms with E-state index in [4.69, 9.17) is 0 Å². The largest absolute Gasteiger partial charge is 0.384 e. The lowest BCUT2D eigenvalue weighted by Gasteiger charge is -2.11. The van der Waals surface area contributed by atoms with Crippen LogP contribution in [0.15, 0.2) is 24.4 Å². The molecule has 5 heteroatoms. The zero-order chi connectivity index (χ0) is 12.4. The molecule has 0 aliphatic rings. The van der Waals surface area contributed by atoms with Crippen LogP contribution in [0.25, 0.3) is 0 Å². The Labute approximate surface area is 97.1 Å². The maximum atomic E-state index is 13.0. The Morgan fingerprint density at radius 2 is 1.94 bits per heavy atom. The number of rotatable bonds is 3. The number of aryl methyl sites for hydroxylation is 1. The Kier molecular flexibility index (Phi) is 3.19. The molecule has 1 aromatic heterocycles. The predicted molar refractivity (Wildman–Crippen MR) is 58.4 cm³/mol. The zero-order valence-electron chi connectivity index (χ0n) is 9.24. The van der Waals surface area contributed by atoms with Gasteiger partial charge in [-0.05, 0) is 24.1 Å². The molecule has 1 unspecified atom stereocenters. The number of aliphatic hydroxyl groups excluding tert-OH is 1. The number of aromatic nitrogens is 2. The molecule has 17 heavy (non-hydrogen) atoms. The molecule has 0 spiro atoms. The van der Waals surface area contributed by atoms with Crippen molar-refractivity contribution >= 4 is 0 Å². The maximum absolute atomic E-state index is 13.0. The number of benzene rings is 1. The fourth-order valence-electron chi connectivity index (χ4n) is 1.75. The van der Waals surface area contributed by atoms with E-state index in [1.54, 1.807) is 0 Å². The number of hydrogen-bond donors (Lipinski definition) is 2. The van der Waals surface area contributed by atoms with Gasteiger partial charge in [0, 0.05) is 17.3 Å². The number of halogens is 2. The topological polar surface area (TPSA) is 48.9 Å². The lowest BCUT2D eigenvalue weighted by molar-refractivity contribution is 0.218. The SMILES string of the molecule is CCc1[nH]ncc1C(O)c1cc(F)cc(F)c1. The van der Waals surface area contributed by atoms with E-state index >= 15 is 0 Å². The summed E-state index contributed by atoms with van der Waals surface area (Å²) in [4.78, 5) is 0. The van der Waals surface area contributed by atoms with E-state index in [1.807, 2.05) is 6.92 Å². The first-order valence-corrected chi connectivity index (χ1v) is 5.28. The average Bonchev–Trinajstić information content (AvgIpc) is 2.74. The highest BCUT2D eigenvalue weighted by atomic mass is 19.1. The molecule has 1 aromatic carbocycles. The van der Waals surface area contributed by atoms with Crippen molar-refractivity contribution in [3.8, 4) is 0 Å². The average molecular weight is 238 g/mol. The first kappa shape index (κ1) is 11.7. The molecule has 90 valence electrons. The number of nitrogens with zero attached hydrogens (tertiary/aromatic N) is 1. The van der Waals surface area contributed by atoms with Crippen LogP contribution >= 0.6 is 0 Å². The van der Waals surface area contributed by atoms with Crippen molar-refractivity contribution in [1.29, 1.82) is 0 Å². The molecule has 0 fully saturated rings. The van der Waals surface area contributed by atoms with E-state index in [-0.39, 0.29) is 5.56 Å². The van der Waals surface area contributed by atoms with Crippen LogP contribution < -0.4 is 0 Å². The molecular weight excluding hydrogens is 226 g/mol. The van der Waals surface area contributed by atoms with E-state index in [1.165, 1.54) is 6.20 Å². The van der Waals surface area contributed by atoms with Gasteiger partial charge in [0.2, 0.25) is 0 Å². The summed E-state index contributed by atoms with van der Waals surface area (Å²) in [6.07, 6.45) is 1.05. The van der Waals surface area contributed by atoms with Crippen LogP contribution in [0.4, 0.5) is 8.78 Å². The van der Waals surface area contributed by atoms with Gasteiger partial charge in [-0.25, -0.2) is 8.78 Å². The second-order valence-electron chi connectivity index (χ2n) is 3.76. The van der Waals surface area contributed by atoms with E-state index in [0.29, 0.717) is 12.0 Å². The normalized spacial score (nSPS) is 12.7. The first-order chi connectivity index (χ1) is 8.11. The van der Waals surface area contributed by atoms with Crippen molar-refractivity contribution in [3.63, 3.8) is 0 Å². The highest BCUT2D eigenvalue weighted by Crippen LogP contribution is 2.25. The summed E-state index contributed by atoms with van der Waals surface area (Å²) in [5.74, 6) is -1.42. The summed E-state index contributed by atoms with van der Waals surface area (Å²) >= 11 is 0. The van der Waals surface area contributed by atoms with Crippen molar-refractivity contribution < 1.29 is 13.9 Å². The fraction of sp³-hybridized carbons (Fsp3) is 0.250. The minimum absolute atomic E-state index is 0.179. The molecule has 0 radical (unpaired) electrons. The summed E-state index contributed by atoms with van der Waals surface area (Å²) in [5, 5.41) is 16.6. The monoisotopic (exact) mass is 238 g/mol. The molecule has 0 aliphatic heterocycles. The summed E-state index contributed by atoms with van der Waals surface area (Å²) < 4.78 is 26.1. The van der Waals surface area contributed by atoms with Gasteiger partial charge < -0.3 is 5.11 Å². The standard InChI is InChI=1S/C12H12F2N2O/c1-2-11-10(6-15-16-11)12(17)7-3-8(13)5-9(14)4-7/h3-6,12,17H,2H2,1H3,(H,15,16). The number of aliphatic hydroxyl groups is 1. The third kappa shape index (κ3) is 2.34. The summed E-state index contributed by atoms with van der Waals surface area (Å²) in [6.45, 7) is 1.90. The summed E-state index contributed by atoms with van der Waals surface area (Å²) in [7, 11) is 0. The van der Waals surface area contributed by atoms with Gasteiger partial charge in [0.25, 0.3) is 0 Å². The van der Waals surface area contributed by atoms with E-state index in [0.717, 1.165) is 23.9 Å². The molecular formula is C12H12F2N2O. The minimum atomic E-state index is -1.08. The maximum Gasteiger partial charge on any atom is 0.126 e. The lowest BCUT2D eigenvalue weighted by Crippen LogP contribution is -2.03. The molecule has 2 N–H and O–H groups in total. The van der Waals surface area contributed by atoms with Gasteiger partial charge in [0.05, 0.1) is 6.20 Å². The van der Waals surface area contributed by atoms with Crippen molar-refractivity contribution in [2.75, 3.05) is 0 Å². The van der Waals surface area contributed by atoms with Crippen LogP contribution in [0.2, 0.25) is 0 Å². The van der Waals surface area contributed by atoms with Gasteiger partial charge >= 0.3 is 0 Å². The van der Waals surface area contributed by atoms with E-state index in [9.17, 15) is 13.9 Å². The lowest BCUT2D eigenvalue weighted by atomic mass is 10.0. The highest BCUT2D eigenvalue weighted by Gasteiger charge is 2.17. The third-order valence-electron chi connectivity index (χ3n) is 2.60. The van der Waals surface area contributed by atoms with Crippen molar-refractivity contribution in [1.82, 2.24) is 10.2 Å². The molecule has 1 atom stereocenters. The molecule has 2 aromatic rings. The Bertz CT molecular complexity index is 505. The summed E-state index contributed by atoms with van der Waals surface area (Å²) in [6, 6.07) is 2.99. The Balaban J connectivity index is 2.39. The molecule has 0 bridgehead atoms. The van der Waals surface area contributed by atoms with Crippen molar-refractivity contribution in [3.05, 3.63) is 52.9 Å². The van der Waals surface area contributed by atoms with E-state index in [2.05, 4.69) is 10.2 Å². The quantitative estimate of drug-likeness (QED) is 0.862. The molecule has 0 amide bonds. The second kappa shape index (κ2) is 4.63. The fourth-order valence-corrected chi connectivity index (χ4v) is 1.75. The molecule has 0 aliphatic carbocycles. The predicted octanol–water partition coefficient (Wildman–Crippen LogP) is 2.33. The van der Waals surface area contributed by atoms with Crippen LogP contribution in [0.3, 0.4) is 0 Å². The first-order valence-electron chi connectivity index (χ1n) is 5.28. The molecule has 1 heterocycles. The summed E-state index contributed by atoms with van der Waals surface area (Å²) in [5.41, 5.74) is 1.47. The minimum Gasteiger partial charge on any atom is -0.384 e. The van der Waals surface area contributed by atoms with Crippen LogP contribution in [0.1, 0.15) is 29.8 Å². The number of nitrogens with one attached hydrogen (secondary N) is 1. The number of hydrogen-bond acceptors (Lipinski definition) is 2. The molecule has 3 nitrogen and oxygen atoms in total. The van der Waals surface area contributed by atoms with Crippen LogP contribution in [0.5, 0.6) is 0 Å². The number of H-pyrrole nitrogens is 1. The Morgan fingerprint density at radius 3 is 2.53 bits per heavy atom. The second-order valence-corrected chi connectivity index (χ2v) is 3.76. The zero-order valence-corrected chi connectivity index (χ0v) is 9.24. The van der Waals surface area contributed by atoms with Gasteiger partial charge in [-0.2, -0.15) is 5.10 Å². The third-order valence-corrected chi connectivity index (χ3v) is 2.60. The van der Waals surface area contributed by atoms with Crippen LogP contribution in [0, 0.1) is 11.6 Å². The highest BCUT2D eigenvalue weighted by molar-refractivity contribution is 5.31. The molecule has 2 rings (SSSR count). The molecule has 0 saturated carbocycles. The van der Waals surface area contributed by atoms with Crippen molar-refractivity contribution in [2.24, 2.45) is 0 Å². The van der Waals surface area contributed by atoms with Crippen LogP contribution in [-0.4, -0.2) is 15.3 Å². The van der Waals surface area contributed by atoms with Gasteiger partial charge in [-0.15, -0.1) is 0 Å². The Morgan fingerprint density at radius 1 is 1.29 bits per heavy atom. The number of aromatic amines is 1. The van der Waals surface area contributed by atoms with Gasteiger partial charge in [0.1, 0.15) is 17.7 Å². The van der Waals surface area contributed by atoms with Gasteiger partial charge in [-0.1, -0.05) is 6.92 Å². The molecule has 0 saturated heterocycles. The van der Waals surface area contributed by atoms with Crippen LogP contribution in [-0.2, 0) is 6.42 Å². The Hall–Kier alpha value is -1.75. The van der Waals surface area contributed by atoms with E-state index < -0.39 is 17.7 Å². The van der Waals surface area contributed by atoms with Crippen molar-refractivity contribution in [2.45, 2.75) is 19.4 Å². The van der Waals surface area contributed by atoms with Gasteiger partial charge in [-0.3, -0.25) is 5.10 Å². The van der Waals surface area contributed by atoms with Gasteiger partial charge in [0.15, 0.2) is 0 Å². The smallest absolute Gasteiger partial charge is 0.126 e.